The van der Waals surface area contributed by atoms with E-state index in [1.807, 2.05) is 49.6 Å². The summed E-state index contributed by atoms with van der Waals surface area (Å²) in [6.07, 6.45) is 12.8. The van der Waals surface area contributed by atoms with E-state index in [0.29, 0.717) is 5.04 Å². The second kappa shape index (κ2) is 11.2. The first-order chi connectivity index (χ1) is 11.0. The Morgan fingerprint density at radius 3 is 2.70 bits per heavy atom. The van der Waals surface area contributed by atoms with Crippen LogP contribution >= 0.6 is 11.8 Å². The van der Waals surface area contributed by atoms with Crippen molar-refractivity contribution >= 4 is 16.8 Å². The Kier molecular flexibility index (Phi) is 10.0. The predicted molar refractivity (Wildman–Crippen MR) is 97.2 cm³/mol. The molecule has 6 heteroatoms. The SMILES string of the molecule is C=C[C@H](C)/C=C(/C=C/C=C/C(O)N1CCN(C)C[I-]1)C(=N)SC. The van der Waals surface area contributed by atoms with E-state index in [9.17, 15) is 5.11 Å². The molecule has 0 radical (unpaired) electrons. The molecule has 130 valence electrons. The number of nitrogens with zero attached hydrogens (tertiary/aromatic N) is 2. The molecule has 4 nitrogen and oxygen atoms in total. The summed E-state index contributed by atoms with van der Waals surface area (Å²) in [4.78, 5) is 2.31. The average Bonchev–Trinajstić information content (AvgIpc) is 2.56. The van der Waals surface area contributed by atoms with Gasteiger partial charge in [-0.3, -0.25) is 0 Å². The van der Waals surface area contributed by atoms with Gasteiger partial charge in [-0.1, -0.05) is 0 Å². The maximum atomic E-state index is 10.2. The van der Waals surface area contributed by atoms with Crippen LogP contribution in [0.4, 0.5) is 0 Å². The number of thioether (sulfide) groups is 1. The number of nitrogens with one attached hydrogen (secondary N) is 1. The molecule has 1 saturated heterocycles. The predicted octanol–water partition coefficient (Wildman–Crippen LogP) is -0.285. The summed E-state index contributed by atoms with van der Waals surface area (Å²) < 4.78 is 3.26. The minimum absolute atomic E-state index is 0.121. The topological polar surface area (TPSA) is 50.6 Å². The van der Waals surface area contributed by atoms with E-state index in [1.54, 1.807) is 0 Å². The normalized spacial score (nSPS) is 21.3. The van der Waals surface area contributed by atoms with E-state index >= 15 is 0 Å². The van der Waals surface area contributed by atoms with Gasteiger partial charge in [-0.25, -0.2) is 0 Å². The fourth-order valence-corrected chi connectivity index (χ4v) is 4.61. The van der Waals surface area contributed by atoms with E-state index in [-0.39, 0.29) is 27.4 Å². The molecule has 1 rings (SSSR count). The van der Waals surface area contributed by atoms with E-state index in [2.05, 4.69) is 21.6 Å². The van der Waals surface area contributed by atoms with Crippen LogP contribution in [0.5, 0.6) is 0 Å². The number of alkyl halides is 1. The Hall–Kier alpha value is -0.410. The summed E-state index contributed by atoms with van der Waals surface area (Å²) in [7, 11) is 2.13. The second-order valence-electron chi connectivity index (χ2n) is 5.35. The Morgan fingerprint density at radius 1 is 1.39 bits per heavy atom. The number of allylic oxidation sites excluding steroid dienone is 5. The summed E-state index contributed by atoms with van der Waals surface area (Å²) in [5.74, 6) is 0.229. The molecule has 2 atom stereocenters. The summed E-state index contributed by atoms with van der Waals surface area (Å²) in [6, 6.07) is 0. The van der Waals surface area contributed by atoms with Gasteiger partial charge in [0.1, 0.15) is 0 Å². The van der Waals surface area contributed by atoms with Gasteiger partial charge >= 0.3 is 155 Å². The average molecular weight is 448 g/mol. The number of aliphatic hydroxyl groups excluding tert-OH is 1. The molecule has 0 aromatic carbocycles. The molecule has 0 spiro atoms. The van der Waals surface area contributed by atoms with Crippen LogP contribution in [0.25, 0.3) is 0 Å². The third-order valence-electron chi connectivity index (χ3n) is 3.34. The number of halogens is 1. The molecule has 23 heavy (non-hydrogen) atoms. The number of aliphatic hydroxyl groups is 1. The molecular formula is C17H27IN3OS-. The van der Waals surface area contributed by atoms with E-state index < -0.39 is 6.23 Å². The molecule has 1 aliphatic heterocycles. The Morgan fingerprint density at radius 2 is 2.13 bits per heavy atom. The number of rotatable bonds is 7. The van der Waals surface area contributed by atoms with Gasteiger partial charge in [-0.05, 0) is 0 Å². The van der Waals surface area contributed by atoms with Crippen molar-refractivity contribution in [3.63, 3.8) is 0 Å². The molecule has 0 saturated carbocycles. The van der Waals surface area contributed by atoms with Crippen LogP contribution in [-0.2, 0) is 0 Å². The first-order valence-electron chi connectivity index (χ1n) is 7.52. The van der Waals surface area contributed by atoms with Gasteiger partial charge in [0.25, 0.3) is 0 Å². The van der Waals surface area contributed by atoms with Gasteiger partial charge in [0.15, 0.2) is 0 Å². The summed E-state index contributed by atoms with van der Waals surface area (Å²) >= 11 is 1.30. The first kappa shape index (κ1) is 20.6. The third-order valence-corrected chi connectivity index (χ3v) is 7.39. The monoisotopic (exact) mass is 448 g/mol. The molecule has 1 aliphatic rings. The second-order valence-corrected chi connectivity index (χ2v) is 8.77. The van der Waals surface area contributed by atoms with Crippen molar-refractivity contribution in [2.45, 2.75) is 13.2 Å². The summed E-state index contributed by atoms with van der Waals surface area (Å²) in [5.41, 5.74) is 0.885. The van der Waals surface area contributed by atoms with Gasteiger partial charge in [0.05, 0.1) is 0 Å². The van der Waals surface area contributed by atoms with Gasteiger partial charge in [-0.15, -0.1) is 0 Å². The zero-order chi connectivity index (χ0) is 17.2. The molecule has 1 unspecified atom stereocenters. The van der Waals surface area contributed by atoms with Crippen molar-refractivity contribution in [3.05, 3.63) is 48.6 Å². The Balaban J connectivity index is 2.61. The fraction of sp³-hybridized carbons (Fsp3) is 0.471. The molecular weight excluding hydrogens is 421 g/mol. The van der Waals surface area contributed by atoms with Crippen LogP contribution in [0, 0.1) is 11.3 Å². The van der Waals surface area contributed by atoms with Crippen molar-refractivity contribution < 1.29 is 26.6 Å². The van der Waals surface area contributed by atoms with Crippen LogP contribution < -0.4 is 21.5 Å². The van der Waals surface area contributed by atoms with Crippen LogP contribution in [-0.4, -0.2) is 55.3 Å². The van der Waals surface area contributed by atoms with Crippen molar-refractivity contribution in [1.82, 2.24) is 8.01 Å². The Bertz CT molecular complexity index is 482. The van der Waals surface area contributed by atoms with E-state index in [1.165, 1.54) is 11.8 Å². The number of likely N-dealkylation sites (N-methyl/N-ethyl adjacent to an activating group) is 1. The maximum absolute atomic E-state index is 10.2. The summed E-state index contributed by atoms with van der Waals surface area (Å²) in [6.45, 7) is 7.76. The van der Waals surface area contributed by atoms with E-state index in [4.69, 9.17) is 5.41 Å². The van der Waals surface area contributed by atoms with Crippen LogP contribution in [0.3, 0.4) is 0 Å². The van der Waals surface area contributed by atoms with Crippen molar-refractivity contribution in [2.24, 2.45) is 5.92 Å². The molecule has 0 aliphatic carbocycles. The van der Waals surface area contributed by atoms with Gasteiger partial charge in [0, 0.05) is 0 Å². The molecule has 0 aromatic heterocycles. The molecule has 0 amide bonds. The van der Waals surface area contributed by atoms with Crippen molar-refractivity contribution in [1.29, 1.82) is 5.41 Å². The Labute approximate surface area is 155 Å². The van der Waals surface area contributed by atoms with Gasteiger partial charge < -0.3 is 0 Å². The van der Waals surface area contributed by atoms with Crippen LogP contribution in [0.2, 0.25) is 0 Å². The van der Waals surface area contributed by atoms with Gasteiger partial charge in [0.2, 0.25) is 0 Å². The quantitative estimate of drug-likeness (QED) is 0.0822. The van der Waals surface area contributed by atoms with Crippen molar-refractivity contribution in [3.8, 4) is 0 Å². The zero-order valence-electron chi connectivity index (χ0n) is 14.1. The third kappa shape index (κ3) is 7.80. The first-order valence-corrected chi connectivity index (χ1v) is 11.2. The van der Waals surface area contributed by atoms with E-state index in [0.717, 1.165) is 23.2 Å². The zero-order valence-corrected chi connectivity index (χ0v) is 17.0. The number of hydrogen-bond donors (Lipinski definition) is 2. The van der Waals surface area contributed by atoms with Gasteiger partial charge in [-0.2, -0.15) is 0 Å². The molecule has 1 fully saturated rings. The summed E-state index contributed by atoms with van der Waals surface area (Å²) in [5, 5.41) is 18.7. The molecule has 2 N–H and O–H groups in total. The standard InChI is InChI=1S/C17H27IN3OS/c1-5-14(2)12-15(17(19)23-4)8-6-7-9-16(22)21-11-10-20(3)13-18-21/h5-9,12,14,16,19,22H,1,10-11,13H2,2-4H3/q-1/b8-6+,9-7+,15-12-,19-17?/t14-,16?/m0/s1. The molecule has 0 aromatic rings. The molecule has 1 heterocycles. The fourth-order valence-electron chi connectivity index (χ4n) is 1.84. The molecule has 0 bridgehead atoms. The van der Waals surface area contributed by atoms with Crippen LogP contribution in [0.1, 0.15) is 6.92 Å². The van der Waals surface area contributed by atoms with Crippen molar-refractivity contribution in [2.75, 3.05) is 30.9 Å². The number of hydrogen-bond acceptors (Lipinski definition) is 5. The minimum atomic E-state index is -0.499. The van der Waals surface area contributed by atoms with Crippen LogP contribution in [0.15, 0.2) is 48.6 Å².